The third-order valence-corrected chi connectivity index (χ3v) is 3.14. The Kier molecular flexibility index (Phi) is 2.25. The van der Waals surface area contributed by atoms with Gasteiger partial charge in [0.05, 0.1) is 5.69 Å². The lowest BCUT2D eigenvalue weighted by Gasteiger charge is -2.05. The van der Waals surface area contributed by atoms with E-state index >= 15 is 0 Å². The Labute approximate surface area is 91.9 Å². The zero-order valence-corrected chi connectivity index (χ0v) is 8.90. The van der Waals surface area contributed by atoms with E-state index in [0.29, 0.717) is 10.8 Å². The van der Waals surface area contributed by atoms with Gasteiger partial charge in [-0.1, -0.05) is 6.07 Å². The molecule has 0 aliphatic rings. The molecule has 0 unspecified atom stereocenters. The largest absolute Gasteiger partial charge is 0.508 e. The van der Waals surface area contributed by atoms with Crippen molar-refractivity contribution in [3.63, 3.8) is 0 Å². The van der Waals surface area contributed by atoms with E-state index in [1.165, 1.54) is 24.3 Å². The summed E-state index contributed by atoms with van der Waals surface area (Å²) in [5, 5.41) is 10.4. The molecule has 0 radical (unpaired) electrons. The van der Waals surface area contributed by atoms with Crippen LogP contribution in [-0.2, 0) is 10.1 Å². The molecule has 6 heteroatoms. The Morgan fingerprint density at radius 2 is 1.75 bits per heavy atom. The molecule has 2 aromatic rings. The van der Waals surface area contributed by atoms with Crippen LogP contribution in [0, 0.1) is 0 Å². The number of nitrogens with two attached hydrogens (primary N) is 1. The van der Waals surface area contributed by atoms with Crippen molar-refractivity contribution in [2.75, 3.05) is 5.73 Å². The predicted molar refractivity (Wildman–Crippen MR) is 59.8 cm³/mol. The first kappa shape index (κ1) is 10.7. The van der Waals surface area contributed by atoms with Gasteiger partial charge < -0.3 is 10.8 Å². The van der Waals surface area contributed by atoms with Gasteiger partial charge in [-0.15, -0.1) is 0 Å². The van der Waals surface area contributed by atoms with Gasteiger partial charge in [0.1, 0.15) is 10.6 Å². The van der Waals surface area contributed by atoms with E-state index in [0.717, 1.165) is 0 Å². The van der Waals surface area contributed by atoms with Gasteiger partial charge in [0.2, 0.25) is 0 Å². The molecule has 2 aromatic carbocycles. The van der Waals surface area contributed by atoms with Gasteiger partial charge in [0.15, 0.2) is 0 Å². The molecule has 5 nitrogen and oxygen atoms in total. The molecule has 2 rings (SSSR count). The molecule has 0 aliphatic carbocycles. The maximum atomic E-state index is 11.0. The van der Waals surface area contributed by atoms with Crippen LogP contribution >= 0.6 is 0 Å². The van der Waals surface area contributed by atoms with E-state index < -0.39 is 10.1 Å². The molecule has 0 fully saturated rings. The molecule has 0 bridgehead atoms. The topological polar surface area (TPSA) is 101 Å². The summed E-state index contributed by atoms with van der Waals surface area (Å²) < 4.78 is 30.9. The zero-order chi connectivity index (χ0) is 11.9. The molecule has 0 saturated heterocycles. The molecule has 0 saturated carbocycles. The van der Waals surface area contributed by atoms with E-state index in [4.69, 9.17) is 10.3 Å². The molecular weight excluding hydrogens is 230 g/mol. The fourth-order valence-electron chi connectivity index (χ4n) is 1.51. The average Bonchev–Trinajstić information content (AvgIpc) is 2.14. The standard InChI is InChI=1S/C10H9NO4S/c11-9-4-7-3-8(12)2-1-6(7)5-10(9)16(13,14)15/h1-5,12H,11H2,(H,13,14,15). The van der Waals surface area contributed by atoms with Crippen molar-refractivity contribution < 1.29 is 18.1 Å². The first-order valence-electron chi connectivity index (χ1n) is 4.38. The summed E-state index contributed by atoms with van der Waals surface area (Å²) in [7, 11) is -4.32. The van der Waals surface area contributed by atoms with E-state index in [2.05, 4.69) is 0 Å². The first-order valence-corrected chi connectivity index (χ1v) is 5.82. The maximum absolute atomic E-state index is 11.0. The van der Waals surface area contributed by atoms with Crippen molar-refractivity contribution in [1.29, 1.82) is 0 Å². The van der Waals surface area contributed by atoms with Crippen molar-refractivity contribution in [2.24, 2.45) is 0 Å². The number of benzene rings is 2. The minimum atomic E-state index is -4.32. The normalized spacial score (nSPS) is 11.8. The van der Waals surface area contributed by atoms with Crippen LogP contribution in [0.15, 0.2) is 35.2 Å². The highest BCUT2D eigenvalue weighted by atomic mass is 32.2. The fourth-order valence-corrected chi connectivity index (χ4v) is 2.14. The maximum Gasteiger partial charge on any atom is 0.296 e. The molecular formula is C10H9NO4S. The highest BCUT2D eigenvalue weighted by Gasteiger charge is 2.14. The second kappa shape index (κ2) is 3.36. The Bertz CT molecular complexity index is 664. The highest BCUT2D eigenvalue weighted by molar-refractivity contribution is 7.86. The molecule has 16 heavy (non-hydrogen) atoms. The van der Waals surface area contributed by atoms with E-state index in [-0.39, 0.29) is 16.3 Å². The van der Waals surface area contributed by atoms with Gasteiger partial charge >= 0.3 is 0 Å². The zero-order valence-electron chi connectivity index (χ0n) is 8.08. The van der Waals surface area contributed by atoms with Crippen molar-refractivity contribution in [2.45, 2.75) is 4.90 Å². The quantitative estimate of drug-likeness (QED) is 0.515. The smallest absolute Gasteiger partial charge is 0.296 e. The second-order valence-electron chi connectivity index (χ2n) is 3.40. The molecule has 84 valence electrons. The molecule has 4 N–H and O–H groups in total. The van der Waals surface area contributed by atoms with E-state index in [1.54, 1.807) is 6.07 Å². The number of aromatic hydroxyl groups is 1. The summed E-state index contributed by atoms with van der Waals surface area (Å²) in [6, 6.07) is 7.07. The minimum Gasteiger partial charge on any atom is -0.508 e. The van der Waals surface area contributed by atoms with E-state index in [9.17, 15) is 13.5 Å². The third kappa shape index (κ3) is 1.80. The lowest BCUT2D eigenvalue weighted by atomic mass is 10.1. The number of nitrogen functional groups attached to an aromatic ring is 1. The molecule has 0 amide bonds. The summed E-state index contributed by atoms with van der Waals surface area (Å²) in [5.74, 6) is 0.0616. The summed E-state index contributed by atoms with van der Waals surface area (Å²) in [4.78, 5) is -0.328. The summed E-state index contributed by atoms with van der Waals surface area (Å²) in [5.41, 5.74) is 5.45. The molecule has 0 heterocycles. The number of rotatable bonds is 1. The van der Waals surface area contributed by atoms with Gasteiger partial charge in [-0.05, 0) is 35.0 Å². The van der Waals surface area contributed by atoms with Crippen molar-refractivity contribution in [3.05, 3.63) is 30.3 Å². The summed E-state index contributed by atoms with van der Waals surface area (Å²) >= 11 is 0. The van der Waals surface area contributed by atoms with Crippen LogP contribution in [0.2, 0.25) is 0 Å². The van der Waals surface area contributed by atoms with Crippen LogP contribution in [-0.4, -0.2) is 18.1 Å². The van der Waals surface area contributed by atoms with E-state index in [1.807, 2.05) is 0 Å². The second-order valence-corrected chi connectivity index (χ2v) is 4.79. The van der Waals surface area contributed by atoms with Crippen LogP contribution in [0.25, 0.3) is 10.8 Å². The Hall–Kier alpha value is -1.79. The lowest BCUT2D eigenvalue weighted by molar-refractivity contribution is 0.476. The Morgan fingerprint density at radius 3 is 2.38 bits per heavy atom. The fraction of sp³-hybridized carbons (Fsp3) is 0. The minimum absolute atomic E-state index is 0.0550. The Morgan fingerprint density at radius 1 is 1.06 bits per heavy atom. The van der Waals surface area contributed by atoms with Gasteiger partial charge in [-0.3, -0.25) is 4.55 Å². The van der Waals surface area contributed by atoms with Crippen LogP contribution in [0.1, 0.15) is 0 Å². The summed E-state index contributed by atoms with van der Waals surface area (Å²) in [6.45, 7) is 0. The number of anilines is 1. The van der Waals surface area contributed by atoms with Crippen molar-refractivity contribution >= 4 is 26.6 Å². The van der Waals surface area contributed by atoms with Gasteiger partial charge in [-0.2, -0.15) is 8.42 Å². The molecule has 0 atom stereocenters. The number of phenols is 1. The van der Waals surface area contributed by atoms with Crippen LogP contribution in [0.5, 0.6) is 5.75 Å². The number of hydrogen-bond donors (Lipinski definition) is 3. The van der Waals surface area contributed by atoms with Crippen LogP contribution < -0.4 is 5.73 Å². The SMILES string of the molecule is Nc1cc2cc(O)ccc2cc1S(=O)(=O)O. The monoisotopic (exact) mass is 239 g/mol. The summed E-state index contributed by atoms with van der Waals surface area (Å²) in [6.07, 6.45) is 0. The van der Waals surface area contributed by atoms with Crippen LogP contribution in [0.4, 0.5) is 5.69 Å². The first-order chi connectivity index (χ1) is 7.38. The van der Waals surface area contributed by atoms with Gasteiger partial charge in [0.25, 0.3) is 10.1 Å². The Balaban J connectivity index is 2.83. The highest BCUT2D eigenvalue weighted by Crippen LogP contribution is 2.27. The lowest BCUT2D eigenvalue weighted by Crippen LogP contribution is -2.02. The third-order valence-electron chi connectivity index (χ3n) is 2.23. The van der Waals surface area contributed by atoms with Crippen molar-refractivity contribution in [3.8, 4) is 5.75 Å². The number of hydrogen-bond acceptors (Lipinski definition) is 4. The molecule has 0 aromatic heterocycles. The average molecular weight is 239 g/mol. The number of fused-ring (bicyclic) bond motifs is 1. The van der Waals surface area contributed by atoms with Gasteiger partial charge in [0, 0.05) is 0 Å². The van der Waals surface area contributed by atoms with Crippen LogP contribution in [0.3, 0.4) is 0 Å². The molecule has 0 aliphatic heterocycles. The van der Waals surface area contributed by atoms with Crippen molar-refractivity contribution in [1.82, 2.24) is 0 Å². The molecule has 0 spiro atoms. The number of phenolic OH excluding ortho intramolecular Hbond substituents is 1. The van der Waals surface area contributed by atoms with Gasteiger partial charge in [-0.25, -0.2) is 0 Å². The predicted octanol–water partition coefficient (Wildman–Crippen LogP) is 1.37.